The van der Waals surface area contributed by atoms with Crippen molar-refractivity contribution >= 4 is 5.71 Å². The van der Waals surface area contributed by atoms with Crippen LogP contribution in [-0.2, 0) is 0 Å². The Morgan fingerprint density at radius 3 is 2.40 bits per heavy atom. The largest absolute Gasteiger partial charge is 0.401 e. The van der Waals surface area contributed by atoms with Crippen molar-refractivity contribution in [2.24, 2.45) is 11.5 Å². The number of rotatable bonds is 6. The van der Waals surface area contributed by atoms with Gasteiger partial charge in [-0.1, -0.05) is 40.2 Å². The average Bonchev–Trinajstić information content (AvgIpc) is 2.28. The van der Waals surface area contributed by atoms with E-state index in [0.717, 1.165) is 19.3 Å². The summed E-state index contributed by atoms with van der Waals surface area (Å²) in [6, 6.07) is -0.125. The molecule has 0 saturated heterocycles. The Labute approximate surface area is 93.7 Å². The number of hydrogen-bond acceptors (Lipinski definition) is 3. The molecular weight excluding hydrogens is 186 g/mol. The van der Waals surface area contributed by atoms with Gasteiger partial charge >= 0.3 is 0 Å². The van der Waals surface area contributed by atoms with Crippen molar-refractivity contribution < 1.29 is 0 Å². The van der Waals surface area contributed by atoms with Crippen LogP contribution in [0.15, 0.2) is 24.4 Å². The van der Waals surface area contributed by atoms with Crippen molar-refractivity contribution in [1.82, 2.24) is 0 Å². The van der Waals surface area contributed by atoms with Crippen LogP contribution in [0.3, 0.4) is 0 Å². The molecule has 0 radical (unpaired) electrons. The highest BCUT2D eigenvalue weighted by molar-refractivity contribution is 6.01. The van der Waals surface area contributed by atoms with E-state index in [1.54, 1.807) is 6.08 Å². The van der Waals surface area contributed by atoms with E-state index in [-0.39, 0.29) is 6.04 Å². The van der Waals surface area contributed by atoms with Crippen molar-refractivity contribution in [3.05, 3.63) is 24.4 Å². The normalized spacial score (nSPS) is 12.4. The maximum Gasteiger partial charge on any atom is 0.0551 e. The van der Waals surface area contributed by atoms with Crippen LogP contribution < -0.4 is 11.5 Å². The molecule has 15 heavy (non-hydrogen) atoms. The Morgan fingerprint density at radius 2 is 2.00 bits per heavy atom. The summed E-state index contributed by atoms with van der Waals surface area (Å²) in [6.45, 7) is 9.58. The van der Waals surface area contributed by atoms with Crippen molar-refractivity contribution in [3.63, 3.8) is 0 Å². The van der Waals surface area contributed by atoms with Gasteiger partial charge in [0, 0.05) is 11.7 Å². The molecule has 0 spiro atoms. The Kier molecular flexibility index (Phi) is 12.0. The van der Waals surface area contributed by atoms with Gasteiger partial charge in [-0.05, 0) is 18.6 Å². The van der Waals surface area contributed by atoms with Gasteiger partial charge in [0.25, 0.3) is 0 Å². The molecule has 3 nitrogen and oxygen atoms in total. The molecule has 5 N–H and O–H groups in total. The highest BCUT2D eigenvalue weighted by Crippen LogP contribution is 2.03. The van der Waals surface area contributed by atoms with Crippen LogP contribution in [0.1, 0.15) is 40.0 Å². The highest BCUT2D eigenvalue weighted by atomic mass is 14.7. The third kappa shape index (κ3) is 9.22. The first-order valence-electron chi connectivity index (χ1n) is 5.55. The van der Waals surface area contributed by atoms with E-state index in [0.29, 0.717) is 11.4 Å². The summed E-state index contributed by atoms with van der Waals surface area (Å²) < 4.78 is 0. The highest BCUT2D eigenvalue weighted by Gasteiger charge is 2.04. The van der Waals surface area contributed by atoms with Crippen LogP contribution in [0.25, 0.3) is 0 Å². The molecule has 0 amide bonds. The topological polar surface area (TPSA) is 75.9 Å². The van der Waals surface area contributed by atoms with Crippen LogP contribution in [0, 0.1) is 5.41 Å². The first-order valence-corrected chi connectivity index (χ1v) is 5.55. The monoisotopic (exact) mass is 211 g/mol. The van der Waals surface area contributed by atoms with Crippen molar-refractivity contribution in [2.75, 3.05) is 0 Å². The summed E-state index contributed by atoms with van der Waals surface area (Å²) in [4.78, 5) is 0. The second kappa shape index (κ2) is 11.0. The molecule has 0 aliphatic carbocycles. The minimum absolute atomic E-state index is 0.125. The molecule has 0 heterocycles. The molecule has 0 aromatic carbocycles. The molecule has 0 aliphatic heterocycles. The molecule has 0 aromatic rings. The summed E-state index contributed by atoms with van der Waals surface area (Å²) in [6.07, 6.45) is 6.06. The Bertz CT molecular complexity index is 207. The van der Waals surface area contributed by atoms with Crippen LogP contribution in [-0.4, -0.2) is 11.8 Å². The van der Waals surface area contributed by atoms with Gasteiger partial charge in [-0.3, -0.25) is 0 Å². The van der Waals surface area contributed by atoms with Gasteiger partial charge < -0.3 is 16.9 Å². The second-order valence-corrected chi connectivity index (χ2v) is 3.05. The fourth-order valence-corrected chi connectivity index (χ4v) is 0.936. The predicted molar refractivity (Wildman–Crippen MR) is 69.0 cm³/mol. The third-order valence-corrected chi connectivity index (χ3v) is 1.84. The van der Waals surface area contributed by atoms with Crippen LogP contribution >= 0.6 is 0 Å². The molecular formula is C12H25N3. The molecule has 0 aromatic heterocycles. The lowest BCUT2D eigenvalue weighted by molar-refractivity contribution is 0.629. The molecule has 0 bridgehead atoms. The lowest BCUT2D eigenvalue weighted by Crippen LogP contribution is -2.27. The quantitative estimate of drug-likeness (QED) is 0.591. The van der Waals surface area contributed by atoms with Crippen LogP contribution in [0.2, 0.25) is 0 Å². The minimum atomic E-state index is -0.125. The zero-order valence-corrected chi connectivity index (χ0v) is 10.2. The second-order valence-electron chi connectivity index (χ2n) is 3.05. The van der Waals surface area contributed by atoms with E-state index in [2.05, 4.69) is 13.5 Å². The van der Waals surface area contributed by atoms with Gasteiger partial charge in [0.2, 0.25) is 0 Å². The van der Waals surface area contributed by atoms with Gasteiger partial charge in [-0.2, -0.15) is 0 Å². The zero-order chi connectivity index (χ0) is 12.3. The van der Waals surface area contributed by atoms with E-state index in [1.807, 2.05) is 13.8 Å². The molecule has 0 rings (SSSR count). The fourth-order valence-electron chi connectivity index (χ4n) is 0.936. The van der Waals surface area contributed by atoms with Crippen LogP contribution in [0.4, 0.5) is 0 Å². The van der Waals surface area contributed by atoms with Crippen molar-refractivity contribution in [3.8, 4) is 0 Å². The maximum atomic E-state index is 7.31. The SMILES string of the molecule is C=CC(=N)/C=C(\N)C(N)CCCC.CC. The number of nitrogens with two attached hydrogens (primary N) is 2. The number of unbranched alkanes of at least 4 members (excludes halogenated alkanes) is 1. The predicted octanol–water partition coefficient (Wildman–Crippen LogP) is 2.58. The molecule has 0 saturated carbocycles. The van der Waals surface area contributed by atoms with E-state index < -0.39 is 0 Å². The summed E-state index contributed by atoms with van der Waals surface area (Å²) in [7, 11) is 0. The summed E-state index contributed by atoms with van der Waals surface area (Å²) >= 11 is 0. The first-order chi connectivity index (χ1) is 7.11. The number of hydrogen-bond donors (Lipinski definition) is 3. The van der Waals surface area contributed by atoms with Gasteiger partial charge in [0.05, 0.1) is 5.71 Å². The fraction of sp³-hybridized carbons (Fsp3) is 0.583. The van der Waals surface area contributed by atoms with Crippen molar-refractivity contribution in [1.29, 1.82) is 5.41 Å². The first kappa shape index (κ1) is 16.3. The zero-order valence-electron chi connectivity index (χ0n) is 10.2. The molecule has 1 unspecified atom stereocenters. The Morgan fingerprint density at radius 1 is 1.47 bits per heavy atom. The smallest absolute Gasteiger partial charge is 0.0551 e. The molecule has 3 heteroatoms. The maximum absolute atomic E-state index is 7.31. The van der Waals surface area contributed by atoms with E-state index in [4.69, 9.17) is 16.9 Å². The average molecular weight is 211 g/mol. The lowest BCUT2D eigenvalue weighted by Gasteiger charge is -2.10. The van der Waals surface area contributed by atoms with Gasteiger partial charge in [-0.15, -0.1) is 0 Å². The van der Waals surface area contributed by atoms with Crippen molar-refractivity contribution in [2.45, 2.75) is 46.1 Å². The Balaban J connectivity index is 0. The third-order valence-electron chi connectivity index (χ3n) is 1.84. The van der Waals surface area contributed by atoms with Gasteiger partial charge in [0.1, 0.15) is 0 Å². The number of allylic oxidation sites excluding steroid dienone is 2. The molecule has 88 valence electrons. The molecule has 1 atom stereocenters. The minimum Gasteiger partial charge on any atom is -0.401 e. The lowest BCUT2D eigenvalue weighted by atomic mass is 10.1. The van der Waals surface area contributed by atoms with Gasteiger partial charge in [0.15, 0.2) is 0 Å². The van der Waals surface area contributed by atoms with E-state index >= 15 is 0 Å². The number of nitrogens with one attached hydrogen (secondary N) is 1. The van der Waals surface area contributed by atoms with Gasteiger partial charge in [-0.25, -0.2) is 0 Å². The Hall–Kier alpha value is -1.09. The van der Waals surface area contributed by atoms with E-state index in [1.165, 1.54) is 6.08 Å². The summed E-state index contributed by atoms with van der Waals surface area (Å²) in [5.74, 6) is 0. The standard InChI is InChI=1S/C10H19N3.C2H6/c1-3-5-6-9(12)10(13)7-8(11)4-2;1-2/h4,7,9,11H,2-3,5-6,12-13H2,1H3;1-2H3/b10-7-,11-8?;. The molecule has 0 fully saturated rings. The summed E-state index contributed by atoms with van der Waals surface area (Å²) in [5, 5.41) is 7.31. The van der Waals surface area contributed by atoms with Crippen LogP contribution in [0.5, 0.6) is 0 Å². The van der Waals surface area contributed by atoms with E-state index in [9.17, 15) is 0 Å². The molecule has 0 aliphatic rings. The summed E-state index contributed by atoms with van der Waals surface area (Å²) in [5.41, 5.74) is 12.3.